The normalized spacial score (nSPS) is 21.7. The van der Waals surface area contributed by atoms with E-state index in [0.29, 0.717) is 26.2 Å². The van der Waals surface area contributed by atoms with E-state index in [4.69, 9.17) is 0 Å². The van der Waals surface area contributed by atoms with Gasteiger partial charge < -0.3 is 15.3 Å². The van der Waals surface area contributed by atoms with Crippen LogP contribution in [-0.4, -0.2) is 35.5 Å². The van der Waals surface area contributed by atoms with E-state index in [1.165, 1.54) is 5.56 Å². The number of nitrogens with one attached hydrogen (secondary N) is 1. The molecule has 0 spiro atoms. The van der Waals surface area contributed by atoms with Gasteiger partial charge in [0.2, 0.25) is 5.91 Å². The number of amides is 1. The molecule has 4 heteroatoms. The average molecular weight is 322 g/mol. The Morgan fingerprint density at radius 3 is 2.54 bits per heavy atom. The lowest BCUT2D eigenvalue weighted by Gasteiger charge is -2.46. The summed E-state index contributed by atoms with van der Waals surface area (Å²) in [5.41, 5.74) is 2.80. The number of hydrogen-bond donors (Lipinski definition) is 2. The lowest BCUT2D eigenvalue weighted by molar-refractivity contribution is -0.148. The Bertz CT molecular complexity index is 740. The third kappa shape index (κ3) is 2.62. The quantitative estimate of drug-likeness (QED) is 0.907. The molecule has 2 aromatic rings. The van der Waals surface area contributed by atoms with Crippen LogP contribution in [0.25, 0.3) is 0 Å². The lowest BCUT2D eigenvalue weighted by atomic mass is 9.74. The molecule has 2 aromatic carbocycles. The highest BCUT2D eigenvalue weighted by molar-refractivity contribution is 5.85. The van der Waals surface area contributed by atoms with Crippen LogP contribution in [0.15, 0.2) is 54.6 Å². The van der Waals surface area contributed by atoms with E-state index in [2.05, 4.69) is 17.4 Å². The summed E-state index contributed by atoms with van der Waals surface area (Å²) in [7, 11) is 0. The standard InChI is InChI=1S/C20H22N2O2/c23-18-12-22(11-16-8-4-5-9-17(16)18)19(24)20(13-21-14-20)10-15-6-2-1-3-7-15/h1-9,18,21,23H,10-14H2. The summed E-state index contributed by atoms with van der Waals surface area (Å²) in [6, 6.07) is 18.0. The van der Waals surface area contributed by atoms with Crippen molar-refractivity contribution < 1.29 is 9.90 Å². The van der Waals surface area contributed by atoms with Gasteiger partial charge in [-0.25, -0.2) is 0 Å². The molecule has 24 heavy (non-hydrogen) atoms. The summed E-state index contributed by atoms with van der Waals surface area (Å²) in [4.78, 5) is 15.1. The van der Waals surface area contributed by atoms with Crippen LogP contribution in [0.5, 0.6) is 0 Å². The Hall–Kier alpha value is -2.17. The Morgan fingerprint density at radius 1 is 1.12 bits per heavy atom. The zero-order valence-electron chi connectivity index (χ0n) is 13.6. The number of rotatable bonds is 3. The third-order valence-electron chi connectivity index (χ3n) is 5.22. The van der Waals surface area contributed by atoms with Gasteiger partial charge in [-0.3, -0.25) is 4.79 Å². The maximum absolute atomic E-state index is 13.2. The largest absolute Gasteiger partial charge is 0.387 e. The van der Waals surface area contributed by atoms with Gasteiger partial charge in [0.25, 0.3) is 0 Å². The van der Waals surface area contributed by atoms with Gasteiger partial charge in [0, 0.05) is 19.6 Å². The van der Waals surface area contributed by atoms with Crippen molar-refractivity contribution in [2.24, 2.45) is 5.41 Å². The summed E-state index contributed by atoms with van der Waals surface area (Å²) < 4.78 is 0. The van der Waals surface area contributed by atoms with Crippen LogP contribution in [0.2, 0.25) is 0 Å². The van der Waals surface area contributed by atoms with E-state index in [0.717, 1.165) is 17.5 Å². The number of aliphatic hydroxyl groups excluding tert-OH is 1. The smallest absolute Gasteiger partial charge is 0.232 e. The Labute approximate surface area is 142 Å². The third-order valence-corrected chi connectivity index (χ3v) is 5.22. The first-order chi connectivity index (χ1) is 11.7. The van der Waals surface area contributed by atoms with Crippen molar-refractivity contribution in [3.8, 4) is 0 Å². The molecular formula is C20H22N2O2. The van der Waals surface area contributed by atoms with Gasteiger partial charge in [-0.05, 0) is 23.1 Å². The fraction of sp³-hybridized carbons (Fsp3) is 0.350. The number of β-amino-alcohol motifs (C(OH)–C–C–N with tert-alkyl or cyclic N) is 1. The number of nitrogens with zero attached hydrogens (tertiary/aromatic N) is 1. The number of fused-ring (bicyclic) bond motifs is 1. The van der Waals surface area contributed by atoms with Crippen LogP contribution in [-0.2, 0) is 17.8 Å². The Kier molecular flexibility index (Phi) is 3.87. The van der Waals surface area contributed by atoms with Gasteiger partial charge in [0.1, 0.15) is 0 Å². The first-order valence-corrected chi connectivity index (χ1v) is 8.48. The average Bonchev–Trinajstić information content (AvgIpc) is 2.58. The van der Waals surface area contributed by atoms with Crippen molar-refractivity contribution in [3.05, 3.63) is 71.3 Å². The minimum Gasteiger partial charge on any atom is -0.387 e. The van der Waals surface area contributed by atoms with Crippen molar-refractivity contribution in [2.45, 2.75) is 19.1 Å². The lowest BCUT2D eigenvalue weighted by Crippen LogP contribution is -2.63. The molecule has 0 aliphatic carbocycles. The second-order valence-electron chi connectivity index (χ2n) is 6.95. The van der Waals surface area contributed by atoms with Gasteiger partial charge in [0.05, 0.1) is 18.1 Å². The van der Waals surface area contributed by atoms with E-state index < -0.39 is 6.10 Å². The van der Waals surface area contributed by atoms with Crippen LogP contribution in [0.4, 0.5) is 0 Å². The molecule has 2 heterocycles. The molecule has 4 nitrogen and oxygen atoms in total. The van der Waals surface area contributed by atoms with Gasteiger partial charge in [0.15, 0.2) is 0 Å². The molecule has 0 bridgehead atoms. The second kappa shape index (κ2) is 6.04. The zero-order valence-corrected chi connectivity index (χ0v) is 13.6. The maximum Gasteiger partial charge on any atom is 0.232 e. The molecule has 2 aliphatic heterocycles. The van der Waals surface area contributed by atoms with E-state index in [1.807, 2.05) is 47.4 Å². The molecule has 1 fully saturated rings. The van der Waals surface area contributed by atoms with E-state index in [9.17, 15) is 9.90 Å². The molecule has 1 amide bonds. The molecule has 1 saturated heterocycles. The van der Waals surface area contributed by atoms with Crippen molar-refractivity contribution in [1.82, 2.24) is 10.2 Å². The Morgan fingerprint density at radius 2 is 1.83 bits per heavy atom. The highest BCUT2D eigenvalue weighted by Gasteiger charge is 2.47. The number of hydrogen-bond acceptors (Lipinski definition) is 3. The summed E-state index contributed by atoms with van der Waals surface area (Å²) in [6.45, 7) is 2.37. The molecular weight excluding hydrogens is 300 g/mol. The molecule has 0 radical (unpaired) electrons. The molecule has 1 atom stereocenters. The highest BCUT2D eigenvalue weighted by atomic mass is 16.3. The second-order valence-corrected chi connectivity index (χ2v) is 6.95. The van der Waals surface area contributed by atoms with Crippen molar-refractivity contribution in [2.75, 3.05) is 19.6 Å². The molecule has 0 aromatic heterocycles. The van der Waals surface area contributed by atoms with E-state index in [1.54, 1.807) is 0 Å². The van der Waals surface area contributed by atoms with Gasteiger partial charge >= 0.3 is 0 Å². The van der Waals surface area contributed by atoms with Crippen LogP contribution < -0.4 is 5.32 Å². The Balaban J connectivity index is 1.56. The van der Waals surface area contributed by atoms with Crippen molar-refractivity contribution >= 4 is 5.91 Å². The van der Waals surface area contributed by atoms with Crippen LogP contribution in [0.1, 0.15) is 22.8 Å². The zero-order chi connectivity index (χ0) is 16.6. The summed E-state index contributed by atoms with van der Waals surface area (Å²) in [5.74, 6) is 0.152. The van der Waals surface area contributed by atoms with E-state index >= 15 is 0 Å². The number of carbonyl (C=O) groups is 1. The van der Waals surface area contributed by atoms with Gasteiger partial charge in [-0.1, -0.05) is 54.6 Å². The predicted octanol–water partition coefficient (Wildman–Crippen LogP) is 1.89. The molecule has 4 rings (SSSR count). The minimum atomic E-state index is -0.597. The number of aliphatic hydroxyl groups is 1. The van der Waals surface area contributed by atoms with Gasteiger partial charge in [-0.2, -0.15) is 0 Å². The first-order valence-electron chi connectivity index (χ1n) is 8.48. The first kappa shape index (κ1) is 15.4. The van der Waals surface area contributed by atoms with Crippen LogP contribution >= 0.6 is 0 Å². The van der Waals surface area contributed by atoms with Crippen LogP contribution in [0, 0.1) is 5.41 Å². The molecule has 124 valence electrons. The monoisotopic (exact) mass is 322 g/mol. The molecule has 2 aliphatic rings. The minimum absolute atomic E-state index is 0.152. The summed E-state index contributed by atoms with van der Waals surface area (Å²) in [6.07, 6.45) is 0.147. The SMILES string of the molecule is O=C(N1Cc2ccccc2C(O)C1)C1(Cc2ccccc2)CNC1. The summed E-state index contributed by atoms with van der Waals surface area (Å²) >= 11 is 0. The van der Waals surface area contributed by atoms with Crippen molar-refractivity contribution in [1.29, 1.82) is 0 Å². The molecule has 0 saturated carbocycles. The fourth-order valence-corrected chi connectivity index (χ4v) is 3.84. The number of carbonyl (C=O) groups excluding carboxylic acids is 1. The molecule has 1 unspecified atom stereocenters. The topological polar surface area (TPSA) is 52.6 Å². The number of benzene rings is 2. The van der Waals surface area contributed by atoms with E-state index in [-0.39, 0.29) is 11.3 Å². The summed E-state index contributed by atoms with van der Waals surface area (Å²) in [5, 5.41) is 13.7. The maximum atomic E-state index is 13.2. The van der Waals surface area contributed by atoms with Crippen molar-refractivity contribution in [3.63, 3.8) is 0 Å². The fourth-order valence-electron chi connectivity index (χ4n) is 3.84. The molecule has 2 N–H and O–H groups in total. The van der Waals surface area contributed by atoms with Gasteiger partial charge in [-0.15, -0.1) is 0 Å². The predicted molar refractivity (Wildman–Crippen MR) is 92.3 cm³/mol. The van der Waals surface area contributed by atoms with Crippen LogP contribution in [0.3, 0.4) is 0 Å². The highest BCUT2D eigenvalue weighted by Crippen LogP contribution is 2.34.